The van der Waals surface area contributed by atoms with E-state index in [-0.39, 0.29) is 5.91 Å². The van der Waals surface area contributed by atoms with Gasteiger partial charge in [0.1, 0.15) is 23.6 Å². The third-order valence-corrected chi connectivity index (χ3v) is 5.89. The number of anilines is 1. The van der Waals surface area contributed by atoms with Gasteiger partial charge in [0.2, 0.25) is 0 Å². The van der Waals surface area contributed by atoms with Crippen molar-refractivity contribution in [2.45, 2.75) is 12.8 Å². The Hall–Kier alpha value is -2.90. The van der Waals surface area contributed by atoms with Gasteiger partial charge in [-0.25, -0.2) is 9.97 Å². The van der Waals surface area contributed by atoms with E-state index in [0.717, 1.165) is 25.9 Å². The van der Waals surface area contributed by atoms with E-state index in [1.54, 1.807) is 18.2 Å². The summed E-state index contributed by atoms with van der Waals surface area (Å²) in [5, 5.41) is 4.01. The van der Waals surface area contributed by atoms with Gasteiger partial charge in [0.05, 0.1) is 29.6 Å². The first-order valence-electron chi connectivity index (χ1n) is 10.2. The molecule has 1 saturated heterocycles. The molecule has 0 bridgehead atoms. The van der Waals surface area contributed by atoms with Crippen molar-refractivity contribution >= 4 is 34.2 Å². The summed E-state index contributed by atoms with van der Waals surface area (Å²) in [6.45, 7) is 2.79. The molecule has 4 rings (SSSR count). The molecule has 1 amide bonds. The Labute approximate surface area is 186 Å². The van der Waals surface area contributed by atoms with Crippen LogP contribution in [0.3, 0.4) is 0 Å². The second-order valence-corrected chi connectivity index (χ2v) is 8.14. The fraction of sp³-hybridized carbons (Fsp3) is 0.348. The molecule has 0 aliphatic carbocycles. The minimum Gasteiger partial charge on any atom is -0.495 e. The number of carbonyl (C=O) groups excluding carboxylic acids is 1. The Balaban J connectivity index is 1.57. The zero-order chi connectivity index (χ0) is 21.8. The van der Waals surface area contributed by atoms with Crippen LogP contribution in [0.4, 0.5) is 5.82 Å². The topological polar surface area (TPSA) is 76.6 Å². The Kier molecular flexibility index (Phi) is 6.53. The molecule has 1 fully saturated rings. The first kappa shape index (κ1) is 21.3. The van der Waals surface area contributed by atoms with E-state index in [1.807, 2.05) is 18.2 Å². The Bertz CT molecular complexity index is 1080. The lowest BCUT2D eigenvalue weighted by atomic mass is 9.98. The highest BCUT2D eigenvalue weighted by Crippen LogP contribution is 2.31. The van der Waals surface area contributed by atoms with E-state index < -0.39 is 0 Å². The SMILES string of the molecule is COc1cc(C(=O)Nc2ncnc3cccc(OCC4CCN(C)CC4)c23)ccc1Cl. The number of hydrogen-bond acceptors (Lipinski definition) is 6. The van der Waals surface area contributed by atoms with Crippen LogP contribution < -0.4 is 14.8 Å². The van der Waals surface area contributed by atoms with Gasteiger partial charge in [0.25, 0.3) is 5.91 Å². The van der Waals surface area contributed by atoms with Crippen LogP contribution in [0.1, 0.15) is 23.2 Å². The first-order chi connectivity index (χ1) is 15.0. The number of fused-ring (bicyclic) bond motifs is 1. The molecule has 0 atom stereocenters. The number of halogens is 1. The summed E-state index contributed by atoms with van der Waals surface area (Å²) in [5.74, 6) is 1.70. The number of methoxy groups -OCH3 is 1. The molecule has 31 heavy (non-hydrogen) atoms. The Morgan fingerprint density at radius 3 is 2.77 bits per heavy atom. The van der Waals surface area contributed by atoms with Crippen molar-refractivity contribution in [3.05, 3.63) is 53.3 Å². The molecule has 0 saturated carbocycles. The van der Waals surface area contributed by atoms with Gasteiger partial charge in [-0.1, -0.05) is 17.7 Å². The van der Waals surface area contributed by atoms with E-state index in [0.29, 0.717) is 51.3 Å². The number of nitrogens with zero attached hydrogens (tertiary/aromatic N) is 3. The highest BCUT2D eigenvalue weighted by atomic mass is 35.5. The van der Waals surface area contributed by atoms with Crippen molar-refractivity contribution in [2.75, 3.05) is 39.2 Å². The van der Waals surface area contributed by atoms with Crippen LogP contribution in [0.2, 0.25) is 5.02 Å². The van der Waals surface area contributed by atoms with Gasteiger partial charge in [-0.2, -0.15) is 0 Å². The summed E-state index contributed by atoms with van der Waals surface area (Å²) in [5.41, 5.74) is 1.12. The predicted octanol–water partition coefficient (Wildman–Crippen LogP) is 4.26. The van der Waals surface area contributed by atoms with E-state index in [2.05, 4.69) is 27.2 Å². The van der Waals surface area contributed by atoms with Crippen molar-refractivity contribution in [1.29, 1.82) is 0 Å². The highest BCUT2D eigenvalue weighted by molar-refractivity contribution is 6.32. The van der Waals surface area contributed by atoms with Crippen molar-refractivity contribution in [2.24, 2.45) is 5.92 Å². The number of piperidine rings is 1. The van der Waals surface area contributed by atoms with Crippen molar-refractivity contribution in [3.8, 4) is 11.5 Å². The molecule has 3 aromatic rings. The summed E-state index contributed by atoms with van der Waals surface area (Å²) >= 11 is 6.07. The molecule has 8 heteroatoms. The summed E-state index contributed by atoms with van der Waals surface area (Å²) in [6.07, 6.45) is 3.65. The second-order valence-electron chi connectivity index (χ2n) is 7.73. The molecule has 1 aliphatic rings. The van der Waals surface area contributed by atoms with E-state index in [9.17, 15) is 4.79 Å². The van der Waals surface area contributed by atoms with Crippen LogP contribution in [0.5, 0.6) is 11.5 Å². The number of nitrogens with one attached hydrogen (secondary N) is 1. The third-order valence-electron chi connectivity index (χ3n) is 5.58. The fourth-order valence-electron chi connectivity index (χ4n) is 3.71. The summed E-state index contributed by atoms with van der Waals surface area (Å²) < 4.78 is 11.4. The van der Waals surface area contributed by atoms with Crippen molar-refractivity contribution in [3.63, 3.8) is 0 Å². The van der Waals surface area contributed by atoms with Gasteiger partial charge in [0, 0.05) is 5.56 Å². The number of ether oxygens (including phenoxy) is 2. The zero-order valence-electron chi connectivity index (χ0n) is 17.6. The predicted molar refractivity (Wildman–Crippen MR) is 121 cm³/mol. The molecule has 0 radical (unpaired) electrons. The van der Waals surface area contributed by atoms with Crippen LogP contribution in [-0.2, 0) is 0 Å². The van der Waals surface area contributed by atoms with Gasteiger partial charge >= 0.3 is 0 Å². The Morgan fingerprint density at radius 1 is 1.19 bits per heavy atom. The number of hydrogen-bond donors (Lipinski definition) is 1. The minimum atomic E-state index is -0.319. The summed E-state index contributed by atoms with van der Waals surface area (Å²) in [7, 11) is 3.65. The smallest absolute Gasteiger partial charge is 0.256 e. The zero-order valence-corrected chi connectivity index (χ0v) is 18.4. The normalized spacial score (nSPS) is 15.1. The molecular weight excluding hydrogens is 416 g/mol. The van der Waals surface area contributed by atoms with E-state index in [1.165, 1.54) is 13.4 Å². The third kappa shape index (κ3) is 4.89. The van der Waals surface area contributed by atoms with Gasteiger partial charge < -0.3 is 19.7 Å². The lowest BCUT2D eigenvalue weighted by molar-refractivity contribution is 0.102. The number of likely N-dealkylation sites (tertiary alicyclic amines) is 1. The average molecular weight is 441 g/mol. The molecule has 162 valence electrons. The standard InChI is InChI=1S/C23H25ClN4O3/c1-28-10-8-15(9-11-28)13-31-19-5-3-4-18-21(19)22(26-14-25-18)27-23(29)16-6-7-17(24)20(12-16)30-2/h3-7,12,14-15H,8-11,13H2,1-2H3,(H,25,26,27,29). The quantitative estimate of drug-likeness (QED) is 0.617. The molecule has 2 heterocycles. The number of aromatic nitrogens is 2. The monoisotopic (exact) mass is 440 g/mol. The molecule has 0 unspecified atom stereocenters. The number of rotatable bonds is 6. The largest absolute Gasteiger partial charge is 0.495 e. The van der Waals surface area contributed by atoms with Crippen molar-refractivity contribution in [1.82, 2.24) is 14.9 Å². The molecular formula is C23H25ClN4O3. The maximum absolute atomic E-state index is 12.9. The fourth-order valence-corrected chi connectivity index (χ4v) is 3.91. The minimum absolute atomic E-state index is 0.319. The van der Waals surface area contributed by atoms with Crippen LogP contribution in [0.25, 0.3) is 10.9 Å². The lowest BCUT2D eigenvalue weighted by Gasteiger charge is -2.28. The molecule has 1 aromatic heterocycles. The lowest BCUT2D eigenvalue weighted by Crippen LogP contribution is -2.32. The van der Waals surface area contributed by atoms with Crippen LogP contribution in [-0.4, -0.2) is 54.6 Å². The van der Waals surface area contributed by atoms with Gasteiger partial charge in [-0.15, -0.1) is 0 Å². The van der Waals surface area contributed by atoms with E-state index >= 15 is 0 Å². The number of carbonyl (C=O) groups is 1. The number of benzene rings is 2. The molecule has 2 aromatic carbocycles. The first-order valence-corrected chi connectivity index (χ1v) is 10.6. The molecule has 0 spiro atoms. The van der Waals surface area contributed by atoms with Gasteiger partial charge in [-0.05, 0) is 69.2 Å². The van der Waals surface area contributed by atoms with Crippen molar-refractivity contribution < 1.29 is 14.3 Å². The summed E-state index contributed by atoms with van der Waals surface area (Å²) in [4.78, 5) is 23.9. The number of amides is 1. The van der Waals surface area contributed by atoms with Gasteiger partial charge in [-0.3, -0.25) is 4.79 Å². The highest BCUT2D eigenvalue weighted by Gasteiger charge is 2.19. The Morgan fingerprint density at radius 2 is 2.00 bits per heavy atom. The van der Waals surface area contributed by atoms with Gasteiger partial charge in [0.15, 0.2) is 0 Å². The summed E-state index contributed by atoms with van der Waals surface area (Å²) in [6, 6.07) is 10.5. The van der Waals surface area contributed by atoms with Crippen LogP contribution in [0.15, 0.2) is 42.7 Å². The van der Waals surface area contributed by atoms with E-state index in [4.69, 9.17) is 21.1 Å². The molecule has 1 aliphatic heterocycles. The van der Waals surface area contributed by atoms with Crippen LogP contribution >= 0.6 is 11.6 Å². The maximum Gasteiger partial charge on any atom is 0.256 e. The maximum atomic E-state index is 12.9. The van der Waals surface area contributed by atoms with Crippen LogP contribution in [0, 0.1) is 5.92 Å². The average Bonchev–Trinajstić information content (AvgIpc) is 2.79. The molecule has 7 nitrogen and oxygen atoms in total. The second kappa shape index (κ2) is 9.49. The molecule has 1 N–H and O–H groups in total.